The standard InChI is InChI=1S/C14H21ClN2/c15-9-3-8-14(17-16)13-7-2-6-12(10-13)11-4-1-5-11/h2,6-7,10-11,14,17H,1,3-5,8-9,16H2. The lowest BCUT2D eigenvalue weighted by Crippen LogP contribution is -2.28. The van der Waals surface area contributed by atoms with Crippen LogP contribution in [0.2, 0.25) is 0 Å². The van der Waals surface area contributed by atoms with Crippen LogP contribution in [-0.4, -0.2) is 5.88 Å². The molecule has 17 heavy (non-hydrogen) atoms. The molecule has 2 nitrogen and oxygen atoms in total. The third kappa shape index (κ3) is 3.21. The van der Waals surface area contributed by atoms with Gasteiger partial charge in [-0.2, -0.15) is 0 Å². The van der Waals surface area contributed by atoms with Crippen LogP contribution >= 0.6 is 11.6 Å². The molecule has 3 heteroatoms. The molecule has 1 aliphatic rings. The third-order valence-corrected chi connectivity index (χ3v) is 3.98. The van der Waals surface area contributed by atoms with E-state index in [-0.39, 0.29) is 6.04 Å². The van der Waals surface area contributed by atoms with Crippen LogP contribution in [0.5, 0.6) is 0 Å². The first-order valence-corrected chi connectivity index (χ1v) is 7.00. The molecule has 1 unspecified atom stereocenters. The Bertz CT molecular complexity index is 350. The highest BCUT2D eigenvalue weighted by molar-refractivity contribution is 6.17. The summed E-state index contributed by atoms with van der Waals surface area (Å²) in [5.41, 5.74) is 5.66. The van der Waals surface area contributed by atoms with E-state index in [1.54, 1.807) is 0 Å². The Kier molecular flexibility index (Phi) is 4.84. The summed E-state index contributed by atoms with van der Waals surface area (Å²) < 4.78 is 0. The average Bonchev–Trinajstić information content (AvgIpc) is 2.28. The Morgan fingerprint density at radius 3 is 2.82 bits per heavy atom. The number of hydrazine groups is 1. The number of nitrogens with one attached hydrogen (secondary N) is 1. The second-order valence-electron chi connectivity index (χ2n) is 4.85. The molecule has 0 spiro atoms. The van der Waals surface area contributed by atoms with Gasteiger partial charge in [0, 0.05) is 11.9 Å². The molecule has 94 valence electrons. The van der Waals surface area contributed by atoms with Crippen molar-refractivity contribution < 1.29 is 0 Å². The highest BCUT2D eigenvalue weighted by Crippen LogP contribution is 2.37. The van der Waals surface area contributed by atoms with Crippen LogP contribution < -0.4 is 11.3 Å². The minimum absolute atomic E-state index is 0.230. The first-order valence-electron chi connectivity index (χ1n) is 6.47. The molecule has 1 atom stereocenters. The van der Waals surface area contributed by atoms with Gasteiger partial charge in [0.1, 0.15) is 0 Å². The summed E-state index contributed by atoms with van der Waals surface area (Å²) in [4.78, 5) is 0. The Labute approximate surface area is 109 Å². The molecule has 1 aromatic carbocycles. The van der Waals surface area contributed by atoms with E-state index in [9.17, 15) is 0 Å². The number of rotatable bonds is 6. The number of benzene rings is 1. The highest BCUT2D eigenvalue weighted by Gasteiger charge is 2.20. The van der Waals surface area contributed by atoms with Crippen molar-refractivity contribution in [3.8, 4) is 0 Å². The molecular weight excluding hydrogens is 232 g/mol. The fraction of sp³-hybridized carbons (Fsp3) is 0.571. The number of nitrogens with two attached hydrogens (primary N) is 1. The van der Waals surface area contributed by atoms with Crippen LogP contribution in [0.3, 0.4) is 0 Å². The minimum Gasteiger partial charge on any atom is -0.271 e. The lowest BCUT2D eigenvalue weighted by Gasteiger charge is -2.27. The molecule has 1 aromatic rings. The van der Waals surface area contributed by atoms with Crippen molar-refractivity contribution in [1.82, 2.24) is 5.43 Å². The molecule has 0 saturated heterocycles. The predicted molar refractivity (Wildman–Crippen MR) is 73.1 cm³/mol. The van der Waals surface area contributed by atoms with Crippen molar-refractivity contribution >= 4 is 11.6 Å². The SMILES string of the molecule is NNC(CCCCl)c1cccc(C2CCC2)c1. The van der Waals surface area contributed by atoms with Crippen molar-refractivity contribution in [3.05, 3.63) is 35.4 Å². The number of halogens is 1. The van der Waals surface area contributed by atoms with E-state index in [2.05, 4.69) is 29.7 Å². The van der Waals surface area contributed by atoms with Crippen LogP contribution in [0.4, 0.5) is 0 Å². The minimum atomic E-state index is 0.230. The van der Waals surface area contributed by atoms with Gasteiger partial charge in [-0.05, 0) is 42.7 Å². The number of alkyl halides is 1. The van der Waals surface area contributed by atoms with E-state index >= 15 is 0 Å². The number of hydrogen-bond donors (Lipinski definition) is 2. The van der Waals surface area contributed by atoms with Crippen LogP contribution in [0, 0.1) is 0 Å². The van der Waals surface area contributed by atoms with Crippen LogP contribution in [-0.2, 0) is 0 Å². The summed E-state index contributed by atoms with van der Waals surface area (Å²) >= 11 is 5.73. The Morgan fingerprint density at radius 1 is 1.41 bits per heavy atom. The smallest absolute Gasteiger partial charge is 0.0460 e. The lowest BCUT2D eigenvalue weighted by molar-refractivity contribution is 0.418. The maximum Gasteiger partial charge on any atom is 0.0460 e. The van der Waals surface area contributed by atoms with Crippen molar-refractivity contribution in [2.75, 3.05) is 5.88 Å². The van der Waals surface area contributed by atoms with E-state index in [1.165, 1.54) is 30.4 Å². The van der Waals surface area contributed by atoms with Gasteiger partial charge in [0.15, 0.2) is 0 Å². The van der Waals surface area contributed by atoms with Gasteiger partial charge in [-0.1, -0.05) is 30.7 Å². The molecule has 0 heterocycles. The van der Waals surface area contributed by atoms with Crippen molar-refractivity contribution in [2.24, 2.45) is 5.84 Å². The molecule has 0 bridgehead atoms. The van der Waals surface area contributed by atoms with Gasteiger partial charge < -0.3 is 0 Å². The monoisotopic (exact) mass is 252 g/mol. The summed E-state index contributed by atoms with van der Waals surface area (Å²) in [6, 6.07) is 9.08. The van der Waals surface area contributed by atoms with Crippen LogP contribution in [0.25, 0.3) is 0 Å². The second-order valence-corrected chi connectivity index (χ2v) is 5.23. The molecule has 1 aliphatic carbocycles. The van der Waals surface area contributed by atoms with E-state index in [1.807, 2.05) is 0 Å². The van der Waals surface area contributed by atoms with Crippen LogP contribution in [0.15, 0.2) is 24.3 Å². The zero-order valence-electron chi connectivity index (χ0n) is 10.2. The fourth-order valence-electron chi connectivity index (χ4n) is 2.40. The van der Waals surface area contributed by atoms with E-state index < -0.39 is 0 Å². The highest BCUT2D eigenvalue weighted by atomic mass is 35.5. The van der Waals surface area contributed by atoms with E-state index in [4.69, 9.17) is 17.4 Å². The summed E-state index contributed by atoms with van der Waals surface area (Å²) in [5, 5.41) is 0. The molecule has 1 saturated carbocycles. The van der Waals surface area contributed by atoms with Gasteiger partial charge in [0.25, 0.3) is 0 Å². The Morgan fingerprint density at radius 2 is 2.24 bits per heavy atom. The van der Waals surface area contributed by atoms with Gasteiger partial charge in [0.05, 0.1) is 0 Å². The molecule has 0 aliphatic heterocycles. The van der Waals surface area contributed by atoms with E-state index in [0.717, 1.165) is 18.8 Å². The van der Waals surface area contributed by atoms with Gasteiger partial charge in [0.2, 0.25) is 0 Å². The first kappa shape index (κ1) is 12.9. The molecule has 0 radical (unpaired) electrons. The lowest BCUT2D eigenvalue weighted by atomic mass is 9.79. The third-order valence-electron chi connectivity index (χ3n) is 3.72. The molecular formula is C14H21ClN2. The quantitative estimate of drug-likeness (QED) is 0.462. The largest absolute Gasteiger partial charge is 0.271 e. The normalized spacial score (nSPS) is 17.8. The molecule has 3 N–H and O–H groups in total. The number of hydrogen-bond acceptors (Lipinski definition) is 2. The Balaban J connectivity index is 2.07. The Hall–Kier alpha value is -0.570. The molecule has 0 aromatic heterocycles. The zero-order chi connectivity index (χ0) is 12.1. The predicted octanol–water partition coefficient (Wildman–Crippen LogP) is 3.48. The molecule has 2 rings (SSSR count). The second kappa shape index (κ2) is 6.39. The summed E-state index contributed by atoms with van der Waals surface area (Å²) in [7, 11) is 0. The summed E-state index contributed by atoms with van der Waals surface area (Å²) in [6.07, 6.45) is 6.04. The first-order chi connectivity index (χ1) is 8.35. The average molecular weight is 253 g/mol. The fourth-order valence-corrected chi connectivity index (χ4v) is 2.55. The van der Waals surface area contributed by atoms with Gasteiger partial charge in [-0.3, -0.25) is 11.3 Å². The molecule has 1 fully saturated rings. The van der Waals surface area contributed by atoms with Crippen molar-refractivity contribution in [3.63, 3.8) is 0 Å². The van der Waals surface area contributed by atoms with Crippen molar-refractivity contribution in [2.45, 2.75) is 44.1 Å². The van der Waals surface area contributed by atoms with Gasteiger partial charge in [-0.15, -0.1) is 11.6 Å². The van der Waals surface area contributed by atoms with Gasteiger partial charge >= 0.3 is 0 Å². The summed E-state index contributed by atoms with van der Waals surface area (Å²) in [6.45, 7) is 0. The maximum absolute atomic E-state index is 5.73. The van der Waals surface area contributed by atoms with E-state index in [0.29, 0.717) is 5.88 Å². The topological polar surface area (TPSA) is 38.0 Å². The van der Waals surface area contributed by atoms with Crippen LogP contribution in [0.1, 0.15) is 55.2 Å². The zero-order valence-corrected chi connectivity index (χ0v) is 10.9. The maximum atomic E-state index is 5.73. The summed E-state index contributed by atoms with van der Waals surface area (Å²) in [5.74, 6) is 7.10. The van der Waals surface area contributed by atoms with Crippen molar-refractivity contribution in [1.29, 1.82) is 0 Å². The van der Waals surface area contributed by atoms with Gasteiger partial charge in [-0.25, -0.2) is 0 Å². The molecule has 0 amide bonds.